The number of alkyl halides is 1. The molecule has 2 atom stereocenters. The highest BCUT2D eigenvalue weighted by molar-refractivity contribution is 6.21. The van der Waals surface area contributed by atoms with Crippen molar-refractivity contribution in [3.8, 4) is 0 Å². The van der Waals surface area contributed by atoms with Crippen molar-refractivity contribution in [2.45, 2.75) is 37.5 Å². The Morgan fingerprint density at radius 1 is 1.46 bits per heavy atom. The zero-order valence-corrected chi connectivity index (χ0v) is 8.72. The van der Waals surface area contributed by atoms with Crippen LogP contribution in [0.5, 0.6) is 0 Å². The van der Waals surface area contributed by atoms with Gasteiger partial charge in [0.25, 0.3) is 0 Å². The van der Waals surface area contributed by atoms with E-state index in [4.69, 9.17) is 11.6 Å². The minimum Gasteiger partial charge on any atom is -0.122 e. The first-order valence-electron chi connectivity index (χ1n) is 5.04. The summed E-state index contributed by atoms with van der Waals surface area (Å²) in [5.41, 5.74) is 3.00. The number of rotatable bonds is 2. The summed E-state index contributed by atoms with van der Waals surface area (Å²) in [4.78, 5) is 0. The predicted octanol–water partition coefficient (Wildman–Crippen LogP) is 3.73. The maximum absolute atomic E-state index is 6.30. The summed E-state index contributed by atoms with van der Waals surface area (Å²) >= 11 is 6.30. The average molecular weight is 195 g/mol. The molecule has 1 aliphatic carbocycles. The zero-order valence-electron chi connectivity index (χ0n) is 7.96. The molecule has 1 aromatic rings. The Hall–Kier alpha value is -0.490. The maximum atomic E-state index is 6.30. The summed E-state index contributed by atoms with van der Waals surface area (Å²) in [7, 11) is 0. The highest BCUT2D eigenvalue weighted by Gasteiger charge is 2.26. The fraction of sp³-hybridized carbons (Fsp3) is 0.500. The Morgan fingerprint density at radius 2 is 2.23 bits per heavy atom. The SMILES string of the molecule is CCC(Cl)C1CCc2ccccc21. The van der Waals surface area contributed by atoms with Crippen molar-refractivity contribution in [1.29, 1.82) is 0 Å². The van der Waals surface area contributed by atoms with Crippen molar-refractivity contribution in [1.82, 2.24) is 0 Å². The molecule has 1 aromatic carbocycles. The fourth-order valence-corrected chi connectivity index (χ4v) is 2.51. The molecule has 0 saturated carbocycles. The summed E-state index contributed by atoms with van der Waals surface area (Å²) in [5, 5.41) is 0.323. The van der Waals surface area contributed by atoms with Gasteiger partial charge in [0.15, 0.2) is 0 Å². The van der Waals surface area contributed by atoms with Crippen LogP contribution in [0, 0.1) is 0 Å². The van der Waals surface area contributed by atoms with Gasteiger partial charge in [-0.1, -0.05) is 31.2 Å². The van der Waals surface area contributed by atoms with Crippen molar-refractivity contribution in [3.05, 3.63) is 35.4 Å². The number of hydrogen-bond acceptors (Lipinski definition) is 0. The molecule has 0 aromatic heterocycles. The molecule has 0 bridgehead atoms. The van der Waals surface area contributed by atoms with Crippen molar-refractivity contribution in [2.75, 3.05) is 0 Å². The fourth-order valence-electron chi connectivity index (χ4n) is 2.25. The summed E-state index contributed by atoms with van der Waals surface area (Å²) in [5.74, 6) is 0.600. The van der Waals surface area contributed by atoms with Crippen LogP contribution >= 0.6 is 11.6 Å². The van der Waals surface area contributed by atoms with E-state index in [2.05, 4.69) is 31.2 Å². The molecule has 13 heavy (non-hydrogen) atoms. The van der Waals surface area contributed by atoms with Gasteiger partial charge in [0.05, 0.1) is 0 Å². The molecule has 0 radical (unpaired) electrons. The van der Waals surface area contributed by atoms with Gasteiger partial charge in [-0.3, -0.25) is 0 Å². The summed E-state index contributed by atoms with van der Waals surface area (Å²) in [6, 6.07) is 8.71. The standard InChI is InChI=1S/C12H15Cl/c1-2-12(13)11-8-7-9-5-3-4-6-10(9)11/h3-6,11-12H,2,7-8H2,1H3. The lowest BCUT2D eigenvalue weighted by Crippen LogP contribution is -2.08. The van der Waals surface area contributed by atoms with Gasteiger partial charge < -0.3 is 0 Å². The molecule has 70 valence electrons. The molecule has 0 amide bonds. The van der Waals surface area contributed by atoms with Gasteiger partial charge in [-0.2, -0.15) is 0 Å². The van der Waals surface area contributed by atoms with E-state index in [1.165, 1.54) is 24.0 Å². The van der Waals surface area contributed by atoms with Gasteiger partial charge in [-0.15, -0.1) is 11.6 Å². The molecule has 2 rings (SSSR count). The molecule has 0 heterocycles. The lowest BCUT2D eigenvalue weighted by Gasteiger charge is -2.16. The quantitative estimate of drug-likeness (QED) is 0.630. The molecular formula is C12H15Cl. The average Bonchev–Trinajstić information content (AvgIpc) is 2.60. The van der Waals surface area contributed by atoms with Crippen LogP contribution in [0.3, 0.4) is 0 Å². The van der Waals surface area contributed by atoms with Crippen LogP contribution in [0.1, 0.15) is 36.8 Å². The van der Waals surface area contributed by atoms with Crippen LogP contribution < -0.4 is 0 Å². The molecule has 1 aliphatic rings. The van der Waals surface area contributed by atoms with Crippen molar-refractivity contribution in [2.24, 2.45) is 0 Å². The predicted molar refractivity (Wildman–Crippen MR) is 57.4 cm³/mol. The molecule has 0 aliphatic heterocycles. The molecule has 0 N–H and O–H groups in total. The van der Waals surface area contributed by atoms with Gasteiger partial charge in [0.1, 0.15) is 0 Å². The van der Waals surface area contributed by atoms with Gasteiger partial charge >= 0.3 is 0 Å². The highest BCUT2D eigenvalue weighted by atomic mass is 35.5. The first kappa shape index (κ1) is 9.08. The molecule has 0 fully saturated rings. The Kier molecular flexibility index (Phi) is 2.59. The van der Waals surface area contributed by atoms with Crippen LogP contribution in [0.25, 0.3) is 0 Å². The molecule has 0 saturated heterocycles. The van der Waals surface area contributed by atoms with Crippen LogP contribution in [0.2, 0.25) is 0 Å². The Bertz CT molecular complexity index is 293. The minimum absolute atomic E-state index is 0.323. The summed E-state index contributed by atoms with van der Waals surface area (Å²) in [6.07, 6.45) is 3.52. The van der Waals surface area contributed by atoms with E-state index in [9.17, 15) is 0 Å². The second-order valence-corrected chi connectivity index (χ2v) is 4.33. The molecule has 0 nitrogen and oxygen atoms in total. The monoisotopic (exact) mass is 194 g/mol. The van der Waals surface area contributed by atoms with Crippen molar-refractivity contribution >= 4 is 11.6 Å². The summed E-state index contributed by atoms with van der Waals surface area (Å²) in [6.45, 7) is 2.17. The first-order valence-corrected chi connectivity index (χ1v) is 5.48. The topological polar surface area (TPSA) is 0 Å². The lowest BCUT2D eigenvalue weighted by atomic mass is 9.96. The van der Waals surface area contributed by atoms with Crippen molar-refractivity contribution in [3.63, 3.8) is 0 Å². The van der Waals surface area contributed by atoms with E-state index in [0.29, 0.717) is 11.3 Å². The van der Waals surface area contributed by atoms with E-state index in [1.54, 1.807) is 0 Å². The third-order valence-electron chi connectivity index (χ3n) is 3.01. The third kappa shape index (κ3) is 1.60. The highest BCUT2D eigenvalue weighted by Crippen LogP contribution is 2.38. The Morgan fingerprint density at radius 3 is 3.00 bits per heavy atom. The van der Waals surface area contributed by atoms with Gasteiger partial charge in [0.2, 0.25) is 0 Å². The number of halogens is 1. The molecule has 0 spiro atoms. The van der Waals surface area contributed by atoms with Crippen molar-refractivity contribution < 1.29 is 0 Å². The van der Waals surface area contributed by atoms with E-state index in [0.717, 1.165) is 6.42 Å². The summed E-state index contributed by atoms with van der Waals surface area (Å²) < 4.78 is 0. The van der Waals surface area contributed by atoms with Gasteiger partial charge in [-0.25, -0.2) is 0 Å². The smallest absolute Gasteiger partial charge is 0.0402 e. The Balaban J connectivity index is 2.28. The van der Waals surface area contributed by atoms with Crippen LogP contribution in [-0.2, 0) is 6.42 Å². The molecule has 1 heteroatoms. The maximum Gasteiger partial charge on any atom is 0.0402 e. The number of fused-ring (bicyclic) bond motifs is 1. The van der Waals surface area contributed by atoms with Crippen LogP contribution in [-0.4, -0.2) is 5.38 Å². The van der Waals surface area contributed by atoms with Gasteiger partial charge in [-0.05, 0) is 30.4 Å². The Labute approximate surface area is 84.9 Å². The largest absolute Gasteiger partial charge is 0.122 e. The lowest BCUT2D eigenvalue weighted by molar-refractivity contribution is 0.617. The molecular weight excluding hydrogens is 180 g/mol. The third-order valence-corrected chi connectivity index (χ3v) is 3.62. The number of aryl methyl sites for hydroxylation is 1. The minimum atomic E-state index is 0.323. The van der Waals surface area contributed by atoms with E-state index in [-0.39, 0.29) is 0 Å². The van der Waals surface area contributed by atoms with Gasteiger partial charge in [0, 0.05) is 11.3 Å². The first-order chi connectivity index (χ1) is 6.33. The van der Waals surface area contributed by atoms with Crippen LogP contribution in [0.15, 0.2) is 24.3 Å². The van der Waals surface area contributed by atoms with E-state index in [1.807, 2.05) is 0 Å². The number of hydrogen-bond donors (Lipinski definition) is 0. The zero-order chi connectivity index (χ0) is 9.26. The second-order valence-electron chi connectivity index (χ2n) is 3.77. The normalized spacial score (nSPS) is 22.8. The molecule has 2 unspecified atom stereocenters. The van der Waals surface area contributed by atoms with E-state index >= 15 is 0 Å². The van der Waals surface area contributed by atoms with Crippen LogP contribution in [0.4, 0.5) is 0 Å². The second kappa shape index (κ2) is 3.71. The number of benzene rings is 1. The van der Waals surface area contributed by atoms with E-state index < -0.39 is 0 Å².